The minimum Gasteiger partial charge on any atom is -0.463 e. The number of hydrogen-bond acceptors (Lipinski definition) is 7. The molecular formula is C18H22N4O3S2. The summed E-state index contributed by atoms with van der Waals surface area (Å²) in [6.07, 6.45) is 2.16. The maximum Gasteiger partial charge on any atom is 0.337 e. The third kappa shape index (κ3) is 3.93. The van der Waals surface area contributed by atoms with Crippen molar-refractivity contribution in [1.82, 2.24) is 20.6 Å². The van der Waals surface area contributed by atoms with E-state index in [9.17, 15) is 9.59 Å². The maximum atomic E-state index is 12.5. The highest BCUT2D eigenvalue weighted by atomic mass is 32.2. The summed E-state index contributed by atoms with van der Waals surface area (Å²) >= 11 is 3.13. The fourth-order valence-electron chi connectivity index (χ4n) is 2.98. The fourth-order valence-corrected chi connectivity index (χ4v) is 5.06. The summed E-state index contributed by atoms with van der Waals surface area (Å²) in [5.74, 6) is 0.0150. The van der Waals surface area contributed by atoms with Gasteiger partial charge in [0.15, 0.2) is 0 Å². The first-order valence-corrected chi connectivity index (χ1v) is 10.6. The normalized spacial score (nSPS) is 17.0. The van der Waals surface area contributed by atoms with E-state index in [0.717, 1.165) is 15.2 Å². The summed E-state index contributed by atoms with van der Waals surface area (Å²) in [5, 5.41) is 7.44. The van der Waals surface area contributed by atoms with Crippen LogP contribution in [0, 0.1) is 13.8 Å². The van der Waals surface area contributed by atoms with E-state index in [-0.39, 0.29) is 18.7 Å². The third-order valence-corrected chi connectivity index (χ3v) is 6.56. The lowest BCUT2D eigenvalue weighted by molar-refractivity contribution is -0.139. The summed E-state index contributed by atoms with van der Waals surface area (Å²) < 4.78 is 5.20. The zero-order valence-electron chi connectivity index (χ0n) is 15.7. The molecule has 2 N–H and O–H groups in total. The van der Waals surface area contributed by atoms with Crippen molar-refractivity contribution < 1.29 is 14.3 Å². The van der Waals surface area contributed by atoms with Crippen molar-refractivity contribution in [3.63, 3.8) is 0 Å². The number of hydrogen-bond donors (Lipinski definition) is 2. The number of nitrogens with zero attached hydrogens (tertiary/aromatic N) is 2. The van der Waals surface area contributed by atoms with Gasteiger partial charge in [0, 0.05) is 21.7 Å². The van der Waals surface area contributed by atoms with Gasteiger partial charge in [-0.1, -0.05) is 18.7 Å². The number of carbonyl (C=O) groups is 2. The first kappa shape index (κ1) is 19.6. The molecule has 0 spiro atoms. The molecule has 1 atom stereocenters. The van der Waals surface area contributed by atoms with E-state index in [4.69, 9.17) is 4.74 Å². The van der Waals surface area contributed by atoms with Crippen LogP contribution in [0.25, 0.3) is 10.2 Å². The molecular weight excluding hydrogens is 384 g/mol. The average Bonchev–Trinajstić information content (AvgIpc) is 2.94. The molecule has 2 aromatic rings. The van der Waals surface area contributed by atoms with E-state index in [2.05, 4.69) is 34.4 Å². The van der Waals surface area contributed by atoms with E-state index in [1.165, 1.54) is 22.2 Å². The molecule has 9 heteroatoms. The molecule has 0 fully saturated rings. The SMILES string of the molecule is CCOC(=O)C1=C(CSc2ncnc3sc(C)c(C)c23)NC(=O)N[C@H]1CC. The van der Waals surface area contributed by atoms with E-state index >= 15 is 0 Å². The first-order chi connectivity index (χ1) is 13.0. The van der Waals surface area contributed by atoms with Crippen LogP contribution in [0.15, 0.2) is 22.6 Å². The highest BCUT2D eigenvalue weighted by molar-refractivity contribution is 7.99. The van der Waals surface area contributed by atoms with Gasteiger partial charge in [-0.15, -0.1) is 11.3 Å². The maximum absolute atomic E-state index is 12.5. The Kier molecular flexibility index (Phi) is 6.01. The number of aryl methyl sites for hydroxylation is 2. The number of urea groups is 1. The summed E-state index contributed by atoms with van der Waals surface area (Å²) in [5.41, 5.74) is 2.22. The highest BCUT2D eigenvalue weighted by Gasteiger charge is 2.31. The fraction of sp³-hybridized carbons (Fsp3) is 0.444. The number of carbonyl (C=O) groups excluding carboxylic acids is 2. The van der Waals surface area contributed by atoms with Crippen LogP contribution in [0.1, 0.15) is 30.7 Å². The van der Waals surface area contributed by atoms with Crippen molar-refractivity contribution in [1.29, 1.82) is 0 Å². The number of rotatable bonds is 6. The lowest BCUT2D eigenvalue weighted by Crippen LogP contribution is -2.50. The van der Waals surface area contributed by atoms with Gasteiger partial charge in [0.1, 0.15) is 16.2 Å². The molecule has 1 aliphatic heterocycles. The lowest BCUT2D eigenvalue weighted by atomic mass is 10.0. The first-order valence-electron chi connectivity index (χ1n) is 8.77. The number of esters is 1. The number of nitrogens with one attached hydrogen (secondary N) is 2. The Bertz CT molecular complexity index is 923. The van der Waals surface area contributed by atoms with Crippen LogP contribution in [-0.4, -0.2) is 40.4 Å². The van der Waals surface area contributed by atoms with Gasteiger partial charge in [-0.2, -0.15) is 0 Å². The van der Waals surface area contributed by atoms with Gasteiger partial charge in [0.25, 0.3) is 0 Å². The molecule has 0 unspecified atom stereocenters. The quantitative estimate of drug-likeness (QED) is 0.434. The molecule has 0 saturated heterocycles. The summed E-state index contributed by atoms with van der Waals surface area (Å²) in [6, 6.07) is -0.662. The molecule has 0 bridgehead atoms. The van der Waals surface area contributed by atoms with E-state index in [0.29, 0.717) is 23.4 Å². The number of thiophene rings is 1. The number of ether oxygens (including phenoxy) is 1. The van der Waals surface area contributed by atoms with E-state index in [1.54, 1.807) is 24.6 Å². The Morgan fingerprint density at radius 3 is 2.81 bits per heavy atom. The molecule has 2 amide bonds. The monoisotopic (exact) mass is 406 g/mol. The van der Waals surface area contributed by atoms with Crippen LogP contribution in [0.4, 0.5) is 4.79 Å². The molecule has 3 heterocycles. The van der Waals surface area contributed by atoms with Crippen LogP contribution in [-0.2, 0) is 9.53 Å². The van der Waals surface area contributed by atoms with Crippen LogP contribution in [0.5, 0.6) is 0 Å². The average molecular weight is 407 g/mol. The van der Waals surface area contributed by atoms with Crippen molar-refractivity contribution in [2.75, 3.05) is 12.4 Å². The van der Waals surface area contributed by atoms with Crippen LogP contribution >= 0.6 is 23.1 Å². The van der Waals surface area contributed by atoms with Gasteiger partial charge in [-0.05, 0) is 32.8 Å². The molecule has 27 heavy (non-hydrogen) atoms. The van der Waals surface area contributed by atoms with Crippen LogP contribution in [0.3, 0.4) is 0 Å². The predicted octanol–water partition coefficient (Wildman–Crippen LogP) is 3.31. The molecule has 0 saturated carbocycles. The standard InChI is InChI=1S/C18H22N4O3S2/c1-5-11-14(17(23)25-6-2)12(22-18(24)21-11)7-26-15-13-9(3)10(4)27-16(13)20-8-19-15/h8,11H,5-7H2,1-4H3,(H2,21,22,24)/t11-/m0/s1. The minimum absolute atomic E-state index is 0.285. The Hall–Kier alpha value is -2.13. The van der Waals surface area contributed by atoms with Crippen molar-refractivity contribution in [3.05, 3.63) is 28.0 Å². The largest absolute Gasteiger partial charge is 0.463 e. The minimum atomic E-state index is -0.400. The topological polar surface area (TPSA) is 93.2 Å². The molecule has 0 aliphatic carbocycles. The van der Waals surface area contributed by atoms with Crippen LogP contribution < -0.4 is 10.6 Å². The zero-order chi connectivity index (χ0) is 19.6. The second-order valence-corrected chi connectivity index (χ2v) is 8.27. The van der Waals surface area contributed by atoms with Gasteiger partial charge in [-0.3, -0.25) is 0 Å². The molecule has 7 nitrogen and oxygen atoms in total. The van der Waals surface area contributed by atoms with Crippen molar-refractivity contribution >= 4 is 45.3 Å². The molecule has 144 valence electrons. The van der Waals surface area contributed by atoms with Crippen LogP contribution in [0.2, 0.25) is 0 Å². The number of fused-ring (bicyclic) bond motifs is 1. The van der Waals surface area contributed by atoms with Gasteiger partial charge in [0.05, 0.1) is 18.2 Å². The molecule has 3 rings (SSSR count). The van der Waals surface area contributed by atoms with Gasteiger partial charge in [-0.25, -0.2) is 19.6 Å². The molecule has 2 aromatic heterocycles. The van der Waals surface area contributed by atoms with Crippen molar-refractivity contribution in [2.24, 2.45) is 0 Å². The Morgan fingerprint density at radius 1 is 1.33 bits per heavy atom. The van der Waals surface area contributed by atoms with Gasteiger partial charge >= 0.3 is 12.0 Å². The van der Waals surface area contributed by atoms with Gasteiger partial charge in [0.2, 0.25) is 0 Å². The molecule has 1 aliphatic rings. The Labute approximate surface area is 166 Å². The number of aromatic nitrogens is 2. The number of thioether (sulfide) groups is 1. The van der Waals surface area contributed by atoms with Crippen molar-refractivity contribution in [2.45, 2.75) is 45.2 Å². The summed E-state index contributed by atoms with van der Waals surface area (Å²) in [6.45, 7) is 8.10. The van der Waals surface area contributed by atoms with Gasteiger partial charge < -0.3 is 15.4 Å². The second-order valence-electron chi connectivity index (χ2n) is 6.10. The Morgan fingerprint density at radius 2 is 2.11 bits per heavy atom. The zero-order valence-corrected chi connectivity index (χ0v) is 17.3. The third-order valence-electron chi connectivity index (χ3n) is 4.43. The Balaban J connectivity index is 1.94. The highest BCUT2D eigenvalue weighted by Crippen LogP contribution is 2.35. The second kappa shape index (κ2) is 8.26. The smallest absolute Gasteiger partial charge is 0.337 e. The molecule has 0 aromatic carbocycles. The lowest BCUT2D eigenvalue weighted by Gasteiger charge is -2.28. The summed E-state index contributed by atoms with van der Waals surface area (Å²) in [4.78, 5) is 35.4. The molecule has 0 radical (unpaired) electrons. The van der Waals surface area contributed by atoms with Crippen molar-refractivity contribution in [3.8, 4) is 0 Å². The summed E-state index contributed by atoms with van der Waals surface area (Å²) in [7, 11) is 0. The predicted molar refractivity (Wildman–Crippen MR) is 107 cm³/mol. The number of amides is 2. The van der Waals surface area contributed by atoms with E-state index in [1.807, 2.05) is 6.92 Å². The van der Waals surface area contributed by atoms with E-state index < -0.39 is 5.97 Å².